The SMILES string of the molecule is CCCNC(C)(CO)c1ccc2ccccc2c1. The van der Waals surface area contributed by atoms with E-state index in [1.807, 2.05) is 19.1 Å². The molecule has 0 fully saturated rings. The summed E-state index contributed by atoms with van der Waals surface area (Å²) in [5.41, 5.74) is 0.775. The Balaban J connectivity index is 2.38. The predicted octanol–water partition coefficient (Wildman–Crippen LogP) is 3.05. The van der Waals surface area contributed by atoms with Crippen molar-refractivity contribution >= 4 is 10.8 Å². The van der Waals surface area contributed by atoms with Gasteiger partial charge in [0.15, 0.2) is 0 Å². The van der Waals surface area contributed by atoms with E-state index in [-0.39, 0.29) is 12.1 Å². The monoisotopic (exact) mass is 243 g/mol. The van der Waals surface area contributed by atoms with Crippen LogP contribution in [0, 0.1) is 0 Å². The van der Waals surface area contributed by atoms with Crippen molar-refractivity contribution in [1.82, 2.24) is 5.32 Å². The lowest BCUT2D eigenvalue weighted by Crippen LogP contribution is -2.43. The Kier molecular flexibility index (Phi) is 4.00. The van der Waals surface area contributed by atoms with Crippen LogP contribution in [0.4, 0.5) is 0 Å². The van der Waals surface area contributed by atoms with Crippen LogP contribution in [0.1, 0.15) is 25.8 Å². The van der Waals surface area contributed by atoms with Crippen LogP contribution >= 0.6 is 0 Å². The van der Waals surface area contributed by atoms with E-state index in [4.69, 9.17) is 0 Å². The molecule has 2 aromatic rings. The fourth-order valence-corrected chi connectivity index (χ4v) is 2.18. The second-order valence-electron chi connectivity index (χ2n) is 4.98. The molecule has 0 aliphatic rings. The van der Waals surface area contributed by atoms with Gasteiger partial charge in [-0.3, -0.25) is 0 Å². The van der Waals surface area contributed by atoms with E-state index in [9.17, 15) is 5.11 Å². The van der Waals surface area contributed by atoms with Gasteiger partial charge < -0.3 is 10.4 Å². The third-order valence-corrected chi connectivity index (χ3v) is 3.47. The molecule has 0 heterocycles. The molecule has 18 heavy (non-hydrogen) atoms. The van der Waals surface area contributed by atoms with Gasteiger partial charge in [-0.1, -0.05) is 43.3 Å². The Morgan fingerprint density at radius 3 is 2.50 bits per heavy atom. The van der Waals surface area contributed by atoms with Crippen molar-refractivity contribution in [1.29, 1.82) is 0 Å². The van der Waals surface area contributed by atoms with Crippen LogP contribution in [0.15, 0.2) is 42.5 Å². The van der Waals surface area contributed by atoms with E-state index < -0.39 is 0 Å². The number of nitrogens with one attached hydrogen (secondary N) is 1. The lowest BCUT2D eigenvalue weighted by atomic mass is 9.91. The predicted molar refractivity (Wildman–Crippen MR) is 76.7 cm³/mol. The maximum absolute atomic E-state index is 9.67. The van der Waals surface area contributed by atoms with Crippen LogP contribution in [0.3, 0.4) is 0 Å². The number of rotatable bonds is 5. The number of aliphatic hydroxyl groups is 1. The van der Waals surface area contributed by atoms with Crippen molar-refractivity contribution < 1.29 is 5.11 Å². The van der Waals surface area contributed by atoms with Crippen molar-refractivity contribution in [3.8, 4) is 0 Å². The van der Waals surface area contributed by atoms with Crippen LogP contribution in [0.25, 0.3) is 10.8 Å². The Morgan fingerprint density at radius 2 is 1.83 bits per heavy atom. The second kappa shape index (κ2) is 5.51. The van der Waals surface area contributed by atoms with Gasteiger partial charge in [-0.25, -0.2) is 0 Å². The molecule has 2 heteroatoms. The highest BCUT2D eigenvalue weighted by molar-refractivity contribution is 5.83. The fourth-order valence-electron chi connectivity index (χ4n) is 2.18. The number of aliphatic hydroxyl groups excluding tert-OH is 1. The molecule has 1 atom stereocenters. The van der Waals surface area contributed by atoms with Crippen molar-refractivity contribution in [2.45, 2.75) is 25.8 Å². The lowest BCUT2D eigenvalue weighted by molar-refractivity contribution is 0.175. The van der Waals surface area contributed by atoms with Crippen LogP contribution in [0.5, 0.6) is 0 Å². The van der Waals surface area contributed by atoms with E-state index in [0.29, 0.717) is 0 Å². The molecule has 1 unspecified atom stereocenters. The summed E-state index contributed by atoms with van der Waals surface area (Å²) in [5, 5.41) is 15.6. The molecule has 2 nitrogen and oxygen atoms in total. The maximum atomic E-state index is 9.67. The third-order valence-electron chi connectivity index (χ3n) is 3.47. The highest BCUT2D eigenvalue weighted by atomic mass is 16.3. The maximum Gasteiger partial charge on any atom is 0.0652 e. The van der Waals surface area contributed by atoms with Gasteiger partial charge in [-0.15, -0.1) is 0 Å². The van der Waals surface area contributed by atoms with E-state index >= 15 is 0 Å². The molecule has 2 aromatic carbocycles. The van der Waals surface area contributed by atoms with Crippen molar-refractivity contribution in [2.24, 2.45) is 0 Å². The molecular formula is C16H21NO. The summed E-state index contributed by atoms with van der Waals surface area (Å²) in [4.78, 5) is 0. The molecule has 0 aromatic heterocycles. The summed E-state index contributed by atoms with van der Waals surface area (Å²) in [6, 6.07) is 14.7. The topological polar surface area (TPSA) is 32.3 Å². The highest BCUT2D eigenvalue weighted by Crippen LogP contribution is 2.24. The zero-order chi connectivity index (χ0) is 13.0. The molecule has 0 bridgehead atoms. The van der Waals surface area contributed by atoms with E-state index in [2.05, 4.69) is 42.6 Å². The van der Waals surface area contributed by atoms with Crippen LogP contribution in [-0.4, -0.2) is 18.3 Å². The molecular weight excluding hydrogens is 222 g/mol. The van der Waals surface area contributed by atoms with Gasteiger partial charge in [0.1, 0.15) is 0 Å². The molecule has 0 amide bonds. The summed E-state index contributed by atoms with van der Waals surface area (Å²) in [6.45, 7) is 5.19. The molecule has 0 radical (unpaired) electrons. The number of benzene rings is 2. The first-order valence-corrected chi connectivity index (χ1v) is 6.55. The Bertz CT molecular complexity index is 523. The average molecular weight is 243 g/mol. The van der Waals surface area contributed by atoms with Gasteiger partial charge in [0.05, 0.1) is 12.1 Å². The molecule has 0 saturated heterocycles. The average Bonchev–Trinajstić information content (AvgIpc) is 2.44. The normalized spacial score (nSPS) is 14.6. The van der Waals surface area contributed by atoms with Crippen molar-refractivity contribution in [3.63, 3.8) is 0 Å². The molecule has 0 saturated carbocycles. The smallest absolute Gasteiger partial charge is 0.0652 e. The van der Waals surface area contributed by atoms with Crippen LogP contribution in [0.2, 0.25) is 0 Å². The number of fused-ring (bicyclic) bond motifs is 1. The quantitative estimate of drug-likeness (QED) is 0.846. The van der Waals surface area contributed by atoms with E-state index in [0.717, 1.165) is 18.5 Å². The number of hydrogen-bond donors (Lipinski definition) is 2. The fraction of sp³-hybridized carbons (Fsp3) is 0.375. The minimum Gasteiger partial charge on any atom is -0.394 e. The van der Waals surface area contributed by atoms with Gasteiger partial charge in [0.25, 0.3) is 0 Å². The van der Waals surface area contributed by atoms with Gasteiger partial charge >= 0.3 is 0 Å². The third kappa shape index (κ3) is 2.55. The summed E-state index contributed by atoms with van der Waals surface area (Å²) in [7, 11) is 0. The summed E-state index contributed by atoms with van der Waals surface area (Å²) in [6.07, 6.45) is 1.06. The van der Waals surface area contributed by atoms with Crippen LogP contribution in [-0.2, 0) is 5.54 Å². The highest BCUT2D eigenvalue weighted by Gasteiger charge is 2.24. The second-order valence-corrected chi connectivity index (χ2v) is 4.98. The van der Waals surface area contributed by atoms with Crippen molar-refractivity contribution in [3.05, 3.63) is 48.0 Å². The first-order chi connectivity index (χ1) is 8.69. The summed E-state index contributed by atoms with van der Waals surface area (Å²) >= 11 is 0. The molecule has 2 N–H and O–H groups in total. The summed E-state index contributed by atoms with van der Waals surface area (Å²) in [5.74, 6) is 0. The Morgan fingerprint density at radius 1 is 1.11 bits per heavy atom. The molecule has 0 spiro atoms. The van der Waals surface area contributed by atoms with Crippen molar-refractivity contribution in [2.75, 3.05) is 13.2 Å². The minimum atomic E-state index is -0.361. The summed E-state index contributed by atoms with van der Waals surface area (Å²) < 4.78 is 0. The molecule has 96 valence electrons. The zero-order valence-corrected chi connectivity index (χ0v) is 11.1. The lowest BCUT2D eigenvalue weighted by Gasteiger charge is -2.29. The van der Waals surface area contributed by atoms with Gasteiger partial charge in [-0.05, 0) is 42.3 Å². The van der Waals surface area contributed by atoms with E-state index in [1.165, 1.54) is 10.8 Å². The minimum absolute atomic E-state index is 0.103. The van der Waals surface area contributed by atoms with Gasteiger partial charge in [0.2, 0.25) is 0 Å². The number of hydrogen-bond acceptors (Lipinski definition) is 2. The zero-order valence-electron chi connectivity index (χ0n) is 11.1. The van der Waals surface area contributed by atoms with Crippen LogP contribution < -0.4 is 5.32 Å². The van der Waals surface area contributed by atoms with Gasteiger partial charge in [0, 0.05) is 0 Å². The molecule has 0 aliphatic carbocycles. The van der Waals surface area contributed by atoms with E-state index in [1.54, 1.807) is 0 Å². The Labute approximate surface area is 109 Å². The van der Waals surface area contributed by atoms with Gasteiger partial charge in [-0.2, -0.15) is 0 Å². The first kappa shape index (κ1) is 13.1. The molecule has 2 rings (SSSR count). The first-order valence-electron chi connectivity index (χ1n) is 6.55. The molecule has 0 aliphatic heterocycles. The largest absolute Gasteiger partial charge is 0.394 e. The standard InChI is InChI=1S/C16H21NO/c1-3-10-17-16(2,12-18)15-9-8-13-6-4-5-7-14(13)11-15/h4-9,11,17-18H,3,10,12H2,1-2H3. The Hall–Kier alpha value is -1.38.